The Morgan fingerprint density at radius 3 is 2.39 bits per heavy atom. The predicted octanol–water partition coefficient (Wildman–Crippen LogP) is 4.35. The molecule has 1 N–H and O–H groups in total. The molecule has 0 saturated heterocycles. The van der Waals surface area contributed by atoms with Gasteiger partial charge < -0.3 is 19.2 Å². The van der Waals surface area contributed by atoms with Crippen LogP contribution in [-0.2, 0) is 6.54 Å². The van der Waals surface area contributed by atoms with E-state index in [4.69, 9.17) is 13.9 Å². The third-order valence-electron chi connectivity index (χ3n) is 3.27. The normalized spacial score (nSPS) is 10.3. The number of para-hydroxylation sites is 3. The Balaban J connectivity index is 1.49. The van der Waals surface area contributed by atoms with Crippen molar-refractivity contribution in [2.24, 2.45) is 0 Å². The molecule has 0 radical (unpaired) electrons. The van der Waals surface area contributed by atoms with Crippen molar-refractivity contribution in [3.05, 3.63) is 78.8 Å². The lowest BCUT2D eigenvalue weighted by Crippen LogP contribution is -2.10. The second-order valence-electron chi connectivity index (χ2n) is 4.94. The Kier molecular flexibility index (Phi) is 5.19. The van der Waals surface area contributed by atoms with Crippen molar-refractivity contribution in [1.82, 2.24) is 0 Å². The van der Waals surface area contributed by atoms with Crippen LogP contribution in [0.25, 0.3) is 0 Å². The molecule has 4 heteroatoms. The first-order valence-electron chi connectivity index (χ1n) is 7.58. The minimum Gasteiger partial charge on any atom is -0.490 e. The van der Waals surface area contributed by atoms with Crippen molar-refractivity contribution in [3.63, 3.8) is 0 Å². The summed E-state index contributed by atoms with van der Waals surface area (Å²) in [5.74, 6) is 2.53. The molecule has 0 aliphatic carbocycles. The molecular formula is C19H19NO3. The smallest absolute Gasteiger partial charge is 0.142 e. The third-order valence-corrected chi connectivity index (χ3v) is 3.27. The largest absolute Gasteiger partial charge is 0.490 e. The lowest BCUT2D eigenvalue weighted by Gasteiger charge is -2.13. The summed E-state index contributed by atoms with van der Waals surface area (Å²) < 4.78 is 16.8. The molecule has 1 aromatic heterocycles. The van der Waals surface area contributed by atoms with Crippen LogP contribution < -0.4 is 14.8 Å². The summed E-state index contributed by atoms with van der Waals surface area (Å²) in [6, 6.07) is 21.4. The summed E-state index contributed by atoms with van der Waals surface area (Å²) in [5, 5.41) is 3.31. The van der Waals surface area contributed by atoms with Gasteiger partial charge in [-0.1, -0.05) is 30.3 Å². The van der Waals surface area contributed by atoms with Crippen molar-refractivity contribution in [2.45, 2.75) is 6.54 Å². The summed E-state index contributed by atoms with van der Waals surface area (Å²) >= 11 is 0. The zero-order chi connectivity index (χ0) is 15.7. The first kappa shape index (κ1) is 15.0. The van der Waals surface area contributed by atoms with Crippen molar-refractivity contribution >= 4 is 5.69 Å². The van der Waals surface area contributed by atoms with Crippen molar-refractivity contribution < 1.29 is 13.9 Å². The van der Waals surface area contributed by atoms with Gasteiger partial charge in [-0.15, -0.1) is 0 Å². The second-order valence-corrected chi connectivity index (χ2v) is 4.94. The highest BCUT2D eigenvalue weighted by molar-refractivity contribution is 5.56. The number of rotatable bonds is 8. The zero-order valence-corrected chi connectivity index (χ0v) is 12.8. The topological polar surface area (TPSA) is 43.6 Å². The molecule has 0 amide bonds. The minimum atomic E-state index is 0.480. The summed E-state index contributed by atoms with van der Waals surface area (Å²) in [4.78, 5) is 0. The van der Waals surface area contributed by atoms with Crippen molar-refractivity contribution in [3.8, 4) is 11.5 Å². The van der Waals surface area contributed by atoms with Gasteiger partial charge >= 0.3 is 0 Å². The monoisotopic (exact) mass is 309 g/mol. The zero-order valence-electron chi connectivity index (χ0n) is 12.8. The molecule has 4 nitrogen and oxygen atoms in total. The van der Waals surface area contributed by atoms with Crippen LogP contribution in [0.4, 0.5) is 5.69 Å². The first-order valence-corrected chi connectivity index (χ1v) is 7.58. The van der Waals surface area contributed by atoms with Crippen LogP contribution in [-0.4, -0.2) is 13.2 Å². The van der Waals surface area contributed by atoms with Gasteiger partial charge in [-0.2, -0.15) is 0 Å². The molecule has 118 valence electrons. The highest BCUT2D eigenvalue weighted by Crippen LogP contribution is 2.24. The van der Waals surface area contributed by atoms with Crippen LogP contribution in [0, 0.1) is 0 Å². The summed E-state index contributed by atoms with van der Waals surface area (Å²) in [6.07, 6.45) is 1.67. The summed E-state index contributed by atoms with van der Waals surface area (Å²) in [6.45, 7) is 1.60. The number of furan rings is 1. The van der Waals surface area contributed by atoms with Gasteiger partial charge in [0.25, 0.3) is 0 Å². The number of ether oxygens (including phenoxy) is 2. The van der Waals surface area contributed by atoms with Gasteiger partial charge in [0, 0.05) is 0 Å². The van der Waals surface area contributed by atoms with Gasteiger partial charge in [0.1, 0.15) is 30.5 Å². The maximum Gasteiger partial charge on any atom is 0.142 e. The van der Waals surface area contributed by atoms with E-state index in [9.17, 15) is 0 Å². The number of nitrogens with one attached hydrogen (secondary N) is 1. The van der Waals surface area contributed by atoms with E-state index < -0.39 is 0 Å². The highest BCUT2D eigenvalue weighted by Gasteiger charge is 2.04. The van der Waals surface area contributed by atoms with Gasteiger partial charge in [0.05, 0.1) is 18.5 Å². The first-order chi connectivity index (χ1) is 11.4. The molecule has 0 aliphatic heterocycles. The fourth-order valence-electron chi connectivity index (χ4n) is 2.16. The lowest BCUT2D eigenvalue weighted by atomic mass is 10.3. The van der Waals surface area contributed by atoms with Crippen LogP contribution >= 0.6 is 0 Å². The van der Waals surface area contributed by atoms with Crippen LogP contribution in [0.15, 0.2) is 77.4 Å². The van der Waals surface area contributed by atoms with E-state index in [1.165, 1.54) is 0 Å². The molecule has 1 heterocycles. The highest BCUT2D eigenvalue weighted by atomic mass is 16.5. The van der Waals surface area contributed by atoms with Crippen molar-refractivity contribution in [1.29, 1.82) is 0 Å². The molecule has 3 aromatic rings. The Hall–Kier alpha value is -2.88. The van der Waals surface area contributed by atoms with E-state index in [1.807, 2.05) is 66.7 Å². The summed E-state index contributed by atoms with van der Waals surface area (Å²) in [5.41, 5.74) is 0.934. The SMILES string of the molecule is c1ccc(OCCOc2ccccc2NCc2ccco2)cc1. The fraction of sp³-hybridized carbons (Fsp3) is 0.158. The standard InChI is InChI=1S/C19H19NO3/c1-2-7-16(8-3-1)22-13-14-23-19-11-5-4-10-18(19)20-15-17-9-6-12-21-17/h1-12,20H,13-15H2. The van der Waals surface area contributed by atoms with E-state index in [1.54, 1.807) is 6.26 Å². The molecule has 0 unspecified atom stereocenters. The quantitative estimate of drug-likeness (QED) is 0.628. The van der Waals surface area contributed by atoms with Crippen LogP contribution in [0.3, 0.4) is 0 Å². The number of hydrogen-bond acceptors (Lipinski definition) is 4. The van der Waals surface area contributed by atoms with Gasteiger partial charge in [-0.05, 0) is 36.4 Å². The Morgan fingerprint density at radius 1 is 0.783 bits per heavy atom. The average molecular weight is 309 g/mol. The Labute approximate surface area is 135 Å². The maximum absolute atomic E-state index is 5.81. The number of benzene rings is 2. The van der Waals surface area contributed by atoms with Crippen LogP contribution in [0.5, 0.6) is 11.5 Å². The average Bonchev–Trinajstić information content (AvgIpc) is 3.12. The summed E-state index contributed by atoms with van der Waals surface area (Å²) in [7, 11) is 0. The maximum atomic E-state index is 5.81. The molecule has 3 rings (SSSR count). The molecule has 23 heavy (non-hydrogen) atoms. The third kappa shape index (κ3) is 4.54. The molecule has 0 atom stereocenters. The van der Waals surface area contributed by atoms with Crippen LogP contribution in [0.1, 0.15) is 5.76 Å². The van der Waals surface area contributed by atoms with E-state index in [0.717, 1.165) is 22.9 Å². The Bertz CT molecular complexity index is 696. The van der Waals surface area contributed by atoms with Gasteiger partial charge in [-0.25, -0.2) is 0 Å². The van der Waals surface area contributed by atoms with E-state index >= 15 is 0 Å². The predicted molar refractivity (Wildman–Crippen MR) is 89.9 cm³/mol. The van der Waals surface area contributed by atoms with E-state index in [0.29, 0.717) is 19.8 Å². The Morgan fingerprint density at radius 2 is 1.57 bits per heavy atom. The molecule has 0 saturated carbocycles. The molecule has 0 bridgehead atoms. The van der Waals surface area contributed by atoms with E-state index in [-0.39, 0.29) is 0 Å². The van der Waals surface area contributed by atoms with Gasteiger partial charge in [-0.3, -0.25) is 0 Å². The minimum absolute atomic E-state index is 0.480. The molecular weight excluding hydrogens is 290 g/mol. The van der Waals surface area contributed by atoms with Gasteiger partial charge in [0.15, 0.2) is 0 Å². The van der Waals surface area contributed by atoms with Crippen LogP contribution in [0.2, 0.25) is 0 Å². The molecule has 0 aliphatic rings. The molecule has 0 fully saturated rings. The lowest BCUT2D eigenvalue weighted by molar-refractivity contribution is 0.218. The molecule has 2 aromatic carbocycles. The van der Waals surface area contributed by atoms with Crippen molar-refractivity contribution in [2.75, 3.05) is 18.5 Å². The van der Waals surface area contributed by atoms with Gasteiger partial charge in [0.2, 0.25) is 0 Å². The number of hydrogen-bond donors (Lipinski definition) is 1. The molecule has 0 spiro atoms. The number of anilines is 1. The fourth-order valence-corrected chi connectivity index (χ4v) is 2.16. The second kappa shape index (κ2) is 7.94. The van der Waals surface area contributed by atoms with E-state index in [2.05, 4.69) is 5.32 Å².